The quantitative estimate of drug-likeness (QED) is 0.374. The van der Waals surface area contributed by atoms with Gasteiger partial charge in [0.15, 0.2) is 0 Å². The van der Waals surface area contributed by atoms with Gasteiger partial charge in [-0.25, -0.2) is 15.8 Å². The lowest BCUT2D eigenvalue weighted by atomic mass is 9.95. The number of rotatable bonds is 5. The van der Waals surface area contributed by atoms with Crippen LogP contribution in [-0.4, -0.2) is 15.7 Å². The molecular weight excluding hydrogens is 256 g/mol. The van der Waals surface area contributed by atoms with Gasteiger partial charge in [-0.1, -0.05) is 34.6 Å². The summed E-state index contributed by atoms with van der Waals surface area (Å²) in [6.07, 6.45) is 1.18. The topological polar surface area (TPSA) is 63.8 Å². The zero-order valence-corrected chi connectivity index (χ0v) is 13.7. The Bertz CT molecular complexity index is 424. The summed E-state index contributed by atoms with van der Waals surface area (Å²) < 4.78 is 0. The summed E-state index contributed by atoms with van der Waals surface area (Å²) in [7, 11) is 0. The molecule has 3 N–H and O–H groups in total. The van der Waals surface area contributed by atoms with E-state index in [-0.39, 0.29) is 5.41 Å². The minimum Gasteiger partial charge on any atom is -0.308 e. The Balaban J connectivity index is 3.01. The van der Waals surface area contributed by atoms with Gasteiger partial charge in [-0.3, -0.25) is 0 Å². The number of aromatic nitrogens is 2. The van der Waals surface area contributed by atoms with E-state index in [1.54, 1.807) is 11.8 Å². The lowest BCUT2D eigenvalue weighted by Crippen LogP contribution is -2.20. The average molecular weight is 282 g/mol. The molecule has 1 heterocycles. The monoisotopic (exact) mass is 282 g/mol. The molecule has 0 atom stereocenters. The highest BCUT2D eigenvalue weighted by Gasteiger charge is 2.21. The standard InChI is InChI=1S/C14H26N4S/c1-9(2)7-8-19-12-10(3)11(18-15)16-13(17-12)14(4,5)6/h9H,7-8,15H2,1-6H3,(H,16,17,18). The first-order valence-corrected chi connectivity index (χ1v) is 7.72. The number of nitrogens with one attached hydrogen (secondary N) is 1. The molecule has 0 spiro atoms. The Kier molecular flexibility index (Phi) is 5.62. The summed E-state index contributed by atoms with van der Waals surface area (Å²) in [6, 6.07) is 0. The molecule has 0 fully saturated rings. The van der Waals surface area contributed by atoms with Gasteiger partial charge in [0.25, 0.3) is 0 Å². The molecule has 1 aromatic heterocycles. The van der Waals surface area contributed by atoms with Gasteiger partial charge in [-0.05, 0) is 25.0 Å². The Morgan fingerprint density at radius 2 is 1.89 bits per heavy atom. The molecule has 0 bridgehead atoms. The Hall–Kier alpha value is -0.810. The SMILES string of the molecule is Cc1c(NN)nc(C(C)(C)C)nc1SCCC(C)C. The molecule has 0 aliphatic heterocycles. The number of nitrogen functional groups attached to an aromatic ring is 1. The lowest BCUT2D eigenvalue weighted by Gasteiger charge is -2.20. The van der Waals surface area contributed by atoms with Crippen molar-refractivity contribution in [2.24, 2.45) is 11.8 Å². The Labute approximate surface area is 121 Å². The normalized spacial score (nSPS) is 12.0. The molecule has 108 valence electrons. The van der Waals surface area contributed by atoms with Crippen molar-refractivity contribution in [1.82, 2.24) is 9.97 Å². The maximum Gasteiger partial charge on any atom is 0.147 e. The molecule has 0 amide bonds. The second kappa shape index (κ2) is 6.57. The Morgan fingerprint density at radius 1 is 1.26 bits per heavy atom. The van der Waals surface area contributed by atoms with E-state index in [4.69, 9.17) is 10.8 Å². The first kappa shape index (κ1) is 16.2. The van der Waals surface area contributed by atoms with Crippen molar-refractivity contribution < 1.29 is 0 Å². The predicted octanol–water partition coefficient (Wildman–Crippen LogP) is 3.51. The number of hydrogen-bond donors (Lipinski definition) is 2. The molecule has 0 aromatic carbocycles. The highest BCUT2D eigenvalue weighted by molar-refractivity contribution is 7.99. The number of nitrogens with zero attached hydrogens (tertiary/aromatic N) is 2. The van der Waals surface area contributed by atoms with Crippen LogP contribution in [-0.2, 0) is 5.41 Å². The second-order valence-corrected chi connectivity index (χ2v) is 7.33. The number of nitrogens with two attached hydrogens (primary N) is 1. The molecular formula is C14H26N4S. The van der Waals surface area contributed by atoms with Crippen molar-refractivity contribution in [2.45, 2.75) is 58.4 Å². The molecule has 0 saturated heterocycles. The van der Waals surface area contributed by atoms with E-state index < -0.39 is 0 Å². The highest BCUT2D eigenvalue weighted by Crippen LogP contribution is 2.29. The maximum atomic E-state index is 5.56. The summed E-state index contributed by atoms with van der Waals surface area (Å²) in [4.78, 5) is 9.21. The first-order valence-electron chi connectivity index (χ1n) is 6.74. The highest BCUT2D eigenvalue weighted by atomic mass is 32.2. The average Bonchev–Trinajstić information content (AvgIpc) is 2.29. The van der Waals surface area contributed by atoms with Gasteiger partial charge in [-0.15, -0.1) is 11.8 Å². The zero-order valence-electron chi connectivity index (χ0n) is 12.9. The zero-order chi connectivity index (χ0) is 14.6. The van der Waals surface area contributed by atoms with Crippen LogP contribution in [0.25, 0.3) is 0 Å². The Morgan fingerprint density at radius 3 is 2.37 bits per heavy atom. The molecule has 1 aromatic rings. The van der Waals surface area contributed by atoms with Crippen molar-refractivity contribution in [3.63, 3.8) is 0 Å². The van der Waals surface area contributed by atoms with Crippen LogP contribution in [0.15, 0.2) is 5.03 Å². The predicted molar refractivity (Wildman–Crippen MR) is 83.5 cm³/mol. The smallest absolute Gasteiger partial charge is 0.147 e. The van der Waals surface area contributed by atoms with Gasteiger partial charge in [0, 0.05) is 11.0 Å². The van der Waals surface area contributed by atoms with E-state index in [2.05, 4.69) is 45.0 Å². The second-order valence-electron chi connectivity index (χ2n) is 6.25. The van der Waals surface area contributed by atoms with E-state index in [1.165, 1.54) is 6.42 Å². The largest absolute Gasteiger partial charge is 0.308 e. The third kappa shape index (κ3) is 4.66. The van der Waals surface area contributed by atoms with E-state index in [0.717, 1.165) is 28.0 Å². The van der Waals surface area contributed by atoms with Crippen molar-refractivity contribution in [2.75, 3.05) is 11.2 Å². The van der Waals surface area contributed by atoms with Crippen molar-refractivity contribution in [1.29, 1.82) is 0 Å². The van der Waals surface area contributed by atoms with E-state index in [0.29, 0.717) is 5.92 Å². The summed E-state index contributed by atoms with van der Waals surface area (Å²) in [5.41, 5.74) is 3.64. The van der Waals surface area contributed by atoms with Gasteiger partial charge in [-0.2, -0.15) is 0 Å². The van der Waals surface area contributed by atoms with Crippen LogP contribution in [0.4, 0.5) is 5.82 Å². The number of hydrogen-bond acceptors (Lipinski definition) is 5. The van der Waals surface area contributed by atoms with Crippen LogP contribution in [0.1, 0.15) is 52.4 Å². The third-order valence-electron chi connectivity index (χ3n) is 2.84. The van der Waals surface area contributed by atoms with E-state index in [9.17, 15) is 0 Å². The van der Waals surface area contributed by atoms with Crippen LogP contribution in [0.2, 0.25) is 0 Å². The first-order chi connectivity index (χ1) is 8.75. The van der Waals surface area contributed by atoms with Crippen molar-refractivity contribution in [3.05, 3.63) is 11.4 Å². The molecule has 4 nitrogen and oxygen atoms in total. The van der Waals surface area contributed by atoms with Gasteiger partial charge >= 0.3 is 0 Å². The molecule has 0 aliphatic carbocycles. The molecule has 1 rings (SSSR count). The molecule has 0 saturated carbocycles. The van der Waals surface area contributed by atoms with E-state index in [1.807, 2.05) is 6.92 Å². The minimum absolute atomic E-state index is 0.0767. The summed E-state index contributed by atoms with van der Waals surface area (Å²) in [5, 5.41) is 1.04. The number of thioether (sulfide) groups is 1. The van der Waals surface area contributed by atoms with Crippen LogP contribution in [0.5, 0.6) is 0 Å². The lowest BCUT2D eigenvalue weighted by molar-refractivity contribution is 0.538. The van der Waals surface area contributed by atoms with Crippen LogP contribution >= 0.6 is 11.8 Å². The van der Waals surface area contributed by atoms with Crippen LogP contribution in [0, 0.1) is 12.8 Å². The molecule has 0 radical (unpaired) electrons. The fourth-order valence-electron chi connectivity index (χ4n) is 1.50. The number of anilines is 1. The van der Waals surface area contributed by atoms with Crippen molar-refractivity contribution >= 4 is 17.6 Å². The van der Waals surface area contributed by atoms with Gasteiger partial charge in [0.1, 0.15) is 16.7 Å². The molecule has 5 heteroatoms. The van der Waals surface area contributed by atoms with Crippen LogP contribution < -0.4 is 11.3 Å². The van der Waals surface area contributed by atoms with E-state index >= 15 is 0 Å². The summed E-state index contributed by atoms with van der Waals surface area (Å²) >= 11 is 1.79. The van der Waals surface area contributed by atoms with Crippen LogP contribution in [0.3, 0.4) is 0 Å². The summed E-state index contributed by atoms with van der Waals surface area (Å²) in [6.45, 7) is 12.8. The van der Waals surface area contributed by atoms with Gasteiger partial charge in [0.2, 0.25) is 0 Å². The number of hydrazine groups is 1. The van der Waals surface area contributed by atoms with Gasteiger partial charge < -0.3 is 5.43 Å². The fourth-order valence-corrected chi connectivity index (χ4v) is 2.75. The molecule has 19 heavy (non-hydrogen) atoms. The summed E-state index contributed by atoms with van der Waals surface area (Å²) in [5.74, 6) is 8.90. The molecule has 0 aliphatic rings. The minimum atomic E-state index is -0.0767. The molecule has 0 unspecified atom stereocenters. The fraction of sp³-hybridized carbons (Fsp3) is 0.714. The van der Waals surface area contributed by atoms with Gasteiger partial charge in [0.05, 0.1) is 0 Å². The maximum absolute atomic E-state index is 5.56. The van der Waals surface area contributed by atoms with Crippen molar-refractivity contribution in [3.8, 4) is 0 Å². The third-order valence-corrected chi connectivity index (χ3v) is 3.95.